The molecule has 1 amide bonds. The van der Waals surface area contributed by atoms with Gasteiger partial charge >= 0.3 is 0 Å². The van der Waals surface area contributed by atoms with Crippen molar-refractivity contribution in [2.24, 2.45) is 0 Å². The fraction of sp³-hybridized carbons (Fsp3) is 0.519. The summed E-state index contributed by atoms with van der Waals surface area (Å²) in [6.45, 7) is 5.55. The Labute approximate surface area is 201 Å². The second-order valence-corrected chi connectivity index (χ2v) is 9.57. The lowest BCUT2D eigenvalue weighted by Gasteiger charge is -2.35. The Kier molecular flexibility index (Phi) is 6.81. The van der Waals surface area contributed by atoms with Gasteiger partial charge in [0.25, 0.3) is 5.91 Å². The summed E-state index contributed by atoms with van der Waals surface area (Å²) in [7, 11) is 1.68. The molecule has 2 aliphatic rings. The molecule has 1 atom stereocenters. The molecule has 1 fully saturated rings. The average molecular weight is 462 g/mol. The number of hydrogen-bond donors (Lipinski definition) is 1. The molecule has 3 aromatic rings. The van der Waals surface area contributed by atoms with Crippen LogP contribution in [0.1, 0.15) is 72.0 Å². The van der Waals surface area contributed by atoms with Gasteiger partial charge in [0.1, 0.15) is 17.1 Å². The van der Waals surface area contributed by atoms with Crippen LogP contribution < -0.4 is 10.1 Å². The standard InChI is InChI=1S/C27H35N5O2/c1-19-17-22(25-26(29-19)32-16-8-3-5-9-24(32)30-25)27(33)28-18-23(31-14-6-4-7-15-31)20-10-12-21(34-2)13-11-20/h10-13,17,23H,3-9,14-16,18H2,1-2H3,(H,28,33)/t23-/m0/s1. The van der Waals surface area contributed by atoms with E-state index in [4.69, 9.17) is 14.7 Å². The number of nitrogens with zero attached hydrogens (tertiary/aromatic N) is 4. The maximum atomic E-state index is 13.5. The number of likely N-dealkylation sites (tertiary alicyclic amines) is 1. The summed E-state index contributed by atoms with van der Waals surface area (Å²) in [5.74, 6) is 1.84. The van der Waals surface area contributed by atoms with Crippen molar-refractivity contribution in [1.82, 2.24) is 24.8 Å². The maximum absolute atomic E-state index is 13.5. The van der Waals surface area contributed by atoms with E-state index < -0.39 is 0 Å². The first-order valence-electron chi connectivity index (χ1n) is 12.7. The lowest BCUT2D eigenvalue weighted by atomic mass is 10.0. The van der Waals surface area contributed by atoms with Crippen molar-refractivity contribution in [3.8, 4) is 5.75 Å². The molecule has 7 nitrogen and oxygen atoms in total. The summed E-state index contributed by atoms with van der Waals surface area (Å²) >= 11 is 0. The summed E-state index contributed by atoms with van der Waals surface area (Å²) in [5.41, 5.74) is 4.28. The minimum absolute atomic E-state index is 0.0701. The summed E-state index contributed by atoms with van der Waals surface area (Å²) in [6, 6.07) is 10.3. The van der Waals surface area contributed by atoms with Crippen molar-refractivity contribution in [2.45, 2.75) is 64.5 Å². The molecule has 0 bridgehead atoms. The quantitative estimate of drug-likeness (QED) is 0.588. The Hall–Kier alpha value is -2.93. The largest absolute Gasteiger partial charge is 0.497 e. The molecule has 34 heavy (non-hydrogen) atoms. The van der Waals surface area contributed by atoms with Crippen LogP contribution in [0, 0.1) is 6.92 Å². The van der Waals surface area contributed by atoms with Crippen molar-refractivity contribution in [3.63, 3.8) is 0 Å². The van der Waals surface area contributed by atoms with Crippen LogP contribution in [0.15, 0.2) is 30.3 Å². The zero-order valence-electron chi connectivity index (χ0n) is 20.3. The topological polar surface area (TPSA) is 72.3 Å². The molecule has 1 saturated heterocycles. The normalized spacial score (nSPS) is 17.7. The van der Waals surface area contributed by atoms with E-state index in [1.165, 1.54) is 31.2 Å². The Balaban J connectivity index is 1.40. The number of carbonyl (C=O) groups excluding carboxylic acids is 1. The monoisotopic (exact) mass is 461 g/mol. The van der Waals surface area contributed by atoms with Crippen molar-refractivity contribution in [3.05, 3.63) is 53.0 Å². The first kappa shape index (κ1) is 22.8. The highest BCUT2D eigenvalue weighted by molar-refractivity contribution is 6.04. The Morgan fingerprint density at radius 1 is 1.03 bits per heavy atom. The molecule has 0 aliphatic carbocycles. The fourth-order valence-electron chi connectivity index (χ4n) is 5.39. The summed E-state index contributed by atoms with van der Waals surface area (Å²) in [5, 5.41) is 3.25. The number of fused-ring (bicyclic) bond motifs is 3. The first-order valence-corrected chi connectivity index (χ1v) is 12.7. The van der Waals surface area contributed by atoms with Gasteiger partial charge in [-0.2, -0.15) is 0 Å². The van der Waals surface area contributed by atoms with Crippen LogP contribution in [-0.2, 0) is 13.0 Å². The molecule has 2 aliphatic heterocycles. The number of imidazole rings is 1. The van der Waals surface area contributed by atoms with E-state index in [0.717, 1.165) is 67.3 Å². The molecule has 1 aromatic carbocycles. The lowest BCUT2D eigenvalue weighted by Crippen LogP contribution is -2.40. The molecule has 5 rings (SSSR count). The number of nitrogens with one attached hydrogen (secondary N) is 1. The number of hydrogen-bond acceptors (Lipinski definition) is 5. The number of rotatable bonds is 6. The molecule has 7 heteroatoms. The van der Waals surface area contributed by atoms with Gasteiger partial charge in [-0.15, -0.1) is 0 Å². The molecule has 1 N–H and O–H groups in total. The molecule has 4 heterocycles. The van der Waals surface area contributed by atoms with E-state index in [2.05, 4.69) is 26.9 Å². The average Bonchev–Trinajstić information content (AvgIpc) is 3.04. The van der Waals surface area contributed by atoms with Gasteiger partial charge in [-0.05, 0) is 69.5 Å². The van der Waals surface area contributed by atoms with Gasteiger partial charge in [0, 0.05) is 25.2 Å². The minimum atomic E-state index is -0.0701. The zero-order valence-corrected chi connectivity index (χ0v) is 20.3. The van der Waals surface area contributed by atoms with Crippen molar-refractivity contribution in [2.75, 3.05) is 26.7 Å². The number of amides is 1. The number of piperidine rings is 1. The van der Waals surface area contributed by atoms with E-state index in [9.17, 15) is 4.79 Å². The van der Waals surface area contributed by atoms with Crippen LogP contribution in [0.4, 0.5) is 0 Å². The number of carbonyl (C=O) groups is 1. The summed E-state index contributed by atoms with van der Waals surface area (Å²) in [6.07, 6.45) is 8.11. The molecule has 0 radical (unpaired) electrons. The number of methoxy groups -OCH3 is 1. The Morgan fingerprint density at radius 3 is 2.53 bits per heavy atom. The molecule has 2 aromatic heterocycles. The molecule has 180 valence electrons. The van der Waals surface area contributed by atoms with Gasteiger partial charge in [-0.1, -0.05) is 25.0 Å². The first-order chi connectivity index (χ1) is 16.6. The lowest BCUT2D eigenvalue weighted by molar-refractivity contribution is 0.0925. The van der Waals surface area contributed by atoms with Gasteiger partial charge in [0.05, 0.1) is 18.7 Å². The second-order valence-electron chi connectivity index (χ2n) is 9.57. The molecular weight excluding hydrogens is 426 g/mol. The highest BCUT2D eigenvalue weighted by Gasteiger charge is 2.25. The van der Waals surface area contributed by atoms with E-state index in [-0.39, 0.29) is 11.9 Å². The van der Waals surface area contributed by atoms with Crippen LogP contribution in [-0.4, -0.2) is 52.1 Å². The third-order valence-electron chi connectivity index (χ3n) is 7.23. The SMILES string of the molecule is COc1ccc([C@H](CNC(=O)c2cc(C)nc3c2nc2n3CCCCC2)N2CCCCC2)cc1. The minimum Gasteiger partial charge on any atom is -0.497 e. The van der Waals surface area contributed by atoms with Crippen LogP contribution in [0.25, 0.3) is 11.2 Å². The highest BCUT2D eigenvalue weighted by Crippen LogP contribution is 2.27. The van der Waals surface area contributed by atoms with Gasteiger partial charge in [-0.3, -0.25) is 9.69 Å². The van der Waals surface area contributed by atoms with E-state index in [0.29, 0.717) is 12.1 Å². The van der Waals surface area contributed by atoms with Gasteiger partial charge < -0.3 is 14.6 Å². The van der Waals surface area contributed by atoms with E-state index >= 15 is 0 Å². The molecule has 0 unspecified atom stereocenters. The van der Waals surface area contributed by atoms with Crippen LogP contribution in [0.3, 0.4) is 0 Å². The van der Waals surface area contributed by atoms with Gasteiger partial charge in [0.15, 0.2) is 5.65 Å². The predicted octanol–water partition coefficient (Wildman–Crippen LogP) is 4.43. The van der Waals surface area contributed by atoms with Crippen LogP contribution in [0.2, 0.25) is 0 Å². The van der Waals surface area contributed by atoms with E-state index in [1.807, 2.05) is 25.1 Å². The van der Waals surface area contributed by atoms with Crippen molar-refractivity contribution >= 4 is 17.1 Å². The molecular formula is C27H35N5O2. The van der Waals surface area contributed by atoms with Gasteiger partial charge in [0.2, 0.25) is 0 Å². The maximum Gasteiger partial charge on any atom is 0.253 e. The number of aryl methyl sites for hydroxylation is 3. The van der Waals surface area contributed by atoms with Crippen LogP contribution >= 0.6 is 0 Å². The number of benzene rings is 1. The van der Waals surface area contributed by atoms with Gasteiger partial charge in [-0.25, -0.2) is 9.97 Å². The number of pyridine rings is 1. The Bertz CT molecular complexity index is 1150. The number of ether oxygens (including phenoxy) is 1. The third-order valence-corrected chi connectivity index (χ3v) is 7.23. The second kappa shape index (κ2) is 10.1. The molecule has 0 spiro atoms. The van der Waals surface area contributed by atoms with E-state index in [1.54, 1.807) is 7.11 Å². The predicted molar refractivity (Wildman–Crippen MR) is 133 cm³/mol. The third kappa shape index (κ3) is 4.67. The zero-order chi connectivity index (χ0) is 23.5. The highest BCUT2D eigenvalue weighted by atomic mass is 16.5. The molecule has 0 saturated carbocycles. The van der Waals surface area contributed by atoms with Crippen LogP contribution in [0.5, 0.6) is 5.75 Å². The van der Waals surface area contributed by atoms with Crippen molar-refractivity contribution in [1.29, 1.82) is 0 Å². The van der Waals surface area contributed by atoms with Crippen molar-refractivity contribution < 1.29 is 9.53 Å². The smallest absolute Gasteiger partial charge is 0.253 e. The Morgan fingerprint density at radius 2 is 1.76 bits per heavy atom. The fourth-order valence-corrected chi connectivity index (χ4v) is 5.39. The summed E-state index contributed by atoms with van der Waals surface area (Å²) in [4.78, 5) is 25.6. The number of aromatic nitrogens is 3. The summed E-state index contributed by atoms with van der Waals surface area (Å²) < 4.78 is 7.57.